The molecule has 1 rings (SSSR count). The number of hydrogen-bond donors (Lipinski definition) is 2. The molecule has 0 spiro atoms. The van der Waals surface area contributed by atoms with Gasteiger partial charge in [0.25, 0.3) is 0 Å². The van der Waals surface area contributed by atoms with Crippen molar-refractivity contribution in [2.75, 3.05) is 6.54 Å². The monoisotopic (exact) mass is 306 g/mol. The van der Waals surface area contributed by atoms with Crippen LogP contribution >= 0.6 is 0 Å². The van der Waals surface area contributed by atoms with Gasteiger partial charge < -0.3 is 15.8 Å². The molecule has 0 radical (unpaired) electrons. The molecular formula is C18H30N2O2. The Kier molecular flexibility index (Phi) is 10.1. The summed E-state index contributed by atoms with van der Waals surface area (Å²) in [6, 6.07) is 10.0. The third-order valence-corrected chi connectivity index (χ3v) is 3.66. The average Bonchev–Trinajstić information content (AvgIpc) is 2.55. The van der Waals surface area contributed by atoms with Crippen molar-refractivity contribution in [3.8, 4) is 0 Å². The van der Waals surface area contributed by atoms with E-state index < -0.39 is 0 Å². The van der Waals surface area contributed by atoms with Gasteiger partial charge >= 0.3 is 6.09 Å². The lowest BCUT2D eigenvalue weighted by atomic mass is 10.0. The van der Waals surface area contributed by atoms with Crippen molar-refractivity contribution in [2.45, 2.75) is 64.5 Å². The van der Waals surface area contributed by atoms with Crippen LogP contribution in [0.25, 0.3) is 0 Å². The molecule has 0 heterocycles. The minimum Gasteiger partial charge on any atom is -0.445 e. The fourth-order valence-corrected chi connectivity index (χ4v) is 2.28. The van der Waals surface area contributed by atoms with E-state index in [4.69, 9.17) is 10.5 Å². The number of carbonyl (C=O) groups is 1. The smallest absolute Gasteiger partial charge is 0.407 e. The molecule has 1 amide bonds. The number of unbranched alkanes of at least 4 members (excludes halogenated alkanes) is 3. The zero-order valence-corrected chi connectivity index (χ0v) is 13.7. The molecule has 0 saturated carbocycles. The van der Waals surface area contributed by atoms with Crippen LogP contribution in [0.5, 0.6) is 0 Å². The first-order valence-electron chi connectivity index (χ1n) is 8.42. The second-order valence-electron chi connectivity index (χ2n) is 5.74. The Bertz CT molecular complexity index is 395. The van der Waals surface area contributed by atoms with E-state index in [0.717, 1.165) is 37.7 Å². The molecule has 22 heavy (non-hydrogen) atoms. The van der Waals surface area contributed by atoms with Gasteiger partial charge in [0, 0.05) is 12.6 Å². The lowest BCUT2D eigenvalue weighted by Gasteiger charge is -2.10. The molecule has 3 N–H and O–H groups in total. The Hall–Kier alpha value is -1.55. The highest BCUT2D eigenvalue weighted by atomic mass is 16.5. The quantitative estimate of drug-likeness (QED) is 0.608. The summed E-state index contributed by atoms with van der Waals surface area (Å²) in [6.45, 7) is 3.17. The van der Waals surface area contributed by atoms with Gasteiger partial charge in [0.2, 0.25) is 0 Å². The van der Waals surface area contributed by atoms with Crippen LogP contribution in [0, 0.1) is 0 Å². The van der Waals surface area contributed by atoms with Crippen LogP contribution in [0.4, 0.5) is 4.79 Å². The van der Waals surface area contributed by atoms with Crippen LogP contribution in [-0.4, -0.2) is 18.7 Å². The summed E-state index contributed by atoms with van der Waals surface area (Å²) in [5, 5.41) is 2.78. The van der Waals surface area contributed by atoms with Gasteiger partial charge in [0.05, 0.1) is 0 Å². The minimum atomic E-state index is -0.344. The Morgan fingerprint density at radius 2 is 1.86 bits per heavy atom. The molecule has 0 bridgehead atoms. The highest BCUT2D eigenvalue weighted by Gasteiger charge is 2.03. The van der Waals surface area contributed by atoms with Crippen LogP contribution in [-0.2, 0) is 11.3 Å². The number of alkyl carbamates (subject to hydrolysis) is 1. The number of rotatable bonds is 11. The Labute approximate surface area is 134 Å². The summed E-state index contributed by atoms with van der Waals surface area (Å²) in [5.74, 6) is 0. The molecule has 0 aliphatic heterocycles. The van der Waals surface area contributed by atoms with E-state index in [2.05, 4.69) is 12.2 Å². The van der Waals surface area contributed by atoms with Gasteiger partial charge in [0.15, 0.2) is 0 Å². The van der Waals surface area contributed by atoms with Crippen LogP contribution < -0.4 is 11.1 Å². The van der Waals surface area contributed by atoms with Crippen molar-refractivity contribution >= 4 is 6.09 Å². The molecule has 0 aliphatic carbocycles. The van der Waals surface area contributed by atoms with E-state index in [1.807, 2.05) is 30.3 Å². The maximum absolute atomic E-state index is 11.5. The number of amides is 1. The van der Waals surface area contributed by atoms with Crippen molar-refractivity contribution in [3.05, 3.63) is 35.9 Å². The van der Waals surface area contributed by atoms with Gasteiger partial charge in [-0.25, -0.2) is 4.79 Å². The van der Waals surface area contributed by atoms with E-state index in [1.54, 1.807) is 0 Å². The SMILES string of the molecule is CCCCC(N)CCCCCNC(=O)OCc1ccccc1. The molecule has 0 fully saturated rings. The van der Waals surface area contributed by atoms with Crippen LogP contribution in [0.1, 0.15) is 57.4 Å². The first-order chi connectivity index (χ1) is 10.7. The van der Waals surface area contributed by atoms with Crippen molar-refractivity contribution in [2.24, 2.45) is 5.73 Å². The van der Waals surface area contributed by atoms with E-state index in [0.29, 0.717) is 19.2 Å². The summed E-state index contributed by atoms with van der Waals surface area (Å²) in [7, 11) is 0. The first kappa shape index (κ1) is 18.5. The number of carbonyl (C=O) groups excluding carboxylic acids is 1. The molecule has 4 heteroatoms. The number of benzene rings is 1. The summed E-state index contributed by atoms with van der Waals surface area (Å²) in [5.41, 5.74) is 7.03. The Balaban J connectivity index is 1.94. The molecule has 1 aromatic carbocycles. The maximum atomic E-state index is 11.5. The predicted molar refractivity (Wildman–Crippen MR) is 90.6 cm³/mol. The van der Waals surface area contributed by atoms with Gasteiger partial charge in [-0.05, 0) is 24.8 Å². The molecule has 0 saturated heterocycles. The molecular weight excluding hydrogens is 276 g/mol. The summed E-state index contributed by atoms with van der Waals surface area (Å²) in [4.78, 5) is 11.5. The standard InChI is InChI=1S/C18H30N2O2/c1-2-3-12-17(19)13-8-5-9-14-20-18(21)22-15-16-10-6-4-7-11-16/h4,6-7,10-11,17H,2-3,5,8-9,12-15,19H2,1H3,(H,20,21). The molecule has 4 nitrogen and oxygen atoms in total. The fourth-order valence-electron chi connectivity index (χ4n) is 2.28. The van der Waals surface area contributed by atoms with Gasteiger partial charge in [0.1, 0.15) is 6.61 Å². The van der Waals surface area contributed by atoms with Gasteiger partial charge in [-0.1, -0.05) is 62.9 Å². The fraction of sp³-hybridized carbons (Fsp3) is 0.611. The van der Waals surface area contributed by atoms with E-state index >= 15 is 0 Å². The first-order valence-corrected chi connectivity index (χ1v) is 8.42. The highest BCUT2D eigenvalue weighted by Crippen LogP contribution is 2.07. The van der Waals surface area contributed by atoms with Crippen LogP contribution in [0.2, 0.25) is 0 Å². The molecule has 1 atom stereocenters. The van der Waals surface area contributed by atoms with Crippen LogP contribution in [0.3, 0.4) is 0 Å². The average molecular weight is 306 g/mol. The second kappa shape index (κ2) is 12.0. The molecule has 1 unspecified atom stereocenters. The lowest BCUT2D eigenvalue weighted by Crippen LogP contribution is -2.25. The number of hydrogen-bond acceptors (Lipinski definition) is 3. The Morgan fingerprint density at radius 3 is 2.59 bits per heavy atom. The second-order valence-corrected chi connectivity index (χ2v) is 5.74. The van der Waals surface area contributed by atoms with Gasteiger partial charge in [-0.15, -0.1) is 0 Å². The highest BCUT2D eigenvalue weighted by molar-refractivity contribution is 5.67. The van der Waals surface area contributed by atoms with Crippen LogP contribution in [0.15, 0.2) is 30.3 Å². The molecule has 0 aromatic heterocycles. The minimum absolute atomic E-state index is 0.318. The van der Waals surface area contributed by atoms with Crippen molar-refractivity contribution in [1.82, 2.24) is 5.32 Å². The predicted octanol–water partition coefficient (Wildman–Crippen LogP) is 3.99. The number of nitrogens with one attached hydrogen (secondary N) is 1. The Morgan fingerprint density at radius 1 is 1.14 bits per heavy atom. The zero-order valence-electron chi connectivity index (χ0n) is 13.7. The molecule has 1 aromatic rings. The topological polar surface area (TPSA) is 64.3 Å². The number of nitrogens with two attached hydrogens (primary N) is 1. The van der Waals surface area contributed by atoms with Crippen molar-refractivity contribution < 1.29 is 9.53 Å². The van der Waals surface area contributed by atoms with E-state index in [1.165, 1.54) is 12.8 Å². The molecule has 124 valence electrons. The number of ether oxygens (including phenoxy) is 1. The third kappa shape index (κ3) is 9.40. The van der Waals surface area contributed by atoms with Crippen molar-refractivity contribution in [3.63, 3.8) is 0 Å². The normalized spacial score (nSPS) is 11.9. The lowest BCUT2D eigenvalue weighted by molar-refractivity contribution is 0.139. The van der Waals surface area contributed by atoms with E-state index in [9.17, 15) is 4.79 Å². The third-order valence-electron chi connectivity index (χ3n) is 3.66. The van der Waals surface area contributed by atoms with Gasteiger partial charge in [-0.2, -0.15) is 0 Å². The summed E-state index contributed by atoms with van der Waals surface area (Å²) >= 11 is 0. The van der Waals surface area contributed by atoms with Crippen molar-refractivity contribution in [1.29, 1.82) is 0 Å². The largest absolute Gasteiger partial charge is 0.445 e. The zero-order chi connectivity index (χ0) is 16.0. The van der Waals surface area contributed by atoms with E-state index in [-0.39, 0.29) is 6.09 Å². The molecule has 0 aliphatic rings. The summed E-state index contributed by atoms with van der Waals surface area (Å²) < 4.78 is 5.15. The summed E-state index contributed by atoms with van der Waals surface area (Å²) in [6.07, 6.45) is 7.49. The maximum Gasteiger partial charge on any atom is 0.407 e. The van der Waals surface area contributed by atoms with Gasteiger partial charge in [-0.3, -0.25) is 0 Å².